The standard InChI is InChI=1S/C8H6F3N3S/c1-3-5-6(15-14-3)4(2)12-7(13-5)8(9,10)11/h1-2H3. The van der Waals surface area contributed by atoms with Crippen molar-refractivity contribution in [2.24, 2.45) is 0 Å². The fourth-order valence-electron chi connectivity index (χ4n) is 1.20. The third-order valence-electron chi connectivity index (χ3n) is 1.91. The maximum absolute atomic E-state index is 12.4. The van der Waals surface area contributed by atoms with E-state index in [9.17, 15) is 13.2 Å². The van der Waals surface area contributed by atoms with Crippen LogP contribution in [-0.4, -0.2) is 14.3 Å². The molecule has 0 N–H and O–H groups in total. The number of aryl methyl sites for hydroxylation is 2. The number of hydrogen-bond acceptors (Lipinski definition) is 4. The van der Waals surface area contributed by atoms with Crippen molar-refractivity contribution in [3.8, 4) is 0 Å². The van der Waals surface area contributed by atoms with Gasteiger partial charge in [-0.15, -0.1) is 0 Å². The van der Waals surface area contributed by atoms with Crippen molar-refractivity contribution in [1.29, 1.82) is 0 Å². The summed E-state index contributed by atoms with van der Waals surface area (Å²) in [5, 5.41) is 0. The summed E-state index contributed by atoms with van der Waals surface area (Å²) in [6.45, 7) is 3.16. The van der Waals surface area contributed by atoms with Crippen LogP contribution in [0.25, 0.3) is 10.2 Å². The second-order valence-corrected chi connectivity index (χ2v) is 3.85. The van der Waals surface area contributed by atoms with Gasteiger partial charge in [0.05, 0.1) is 16.1 Å². The minimum absolute atomic E-state index is 0.292. The number of alkyl halides is 3. The highest BCUT2D eigenvalue weighted by atomic mass is 32.1. The lowest BCUT2D eigenvalue weighted by Crippen LogP contribution is -2.11. The average Bonchev–Trinajstić information content (AvgIpc) is 2.47. The summed E-state index contributed by atoms with van der Waals surface area (Å²) < 4.78 is 41.7. The van der Waals surface area contributed by atoms with Gasteiger partial charge in [0.15, 0.2) is 0 Å². The molecular formula is C8H6F3N3S. The number of nitrogens with zero attached hydrogens (tertiary/aromatic N) is 3. The summed E-state index contributed by atoms with van der Waals surface area (Å²) in [5.41, 5.74) is 1.11. The van der Waals surface area contributed by atoms with Crippen molar-refractivity contribution < 1.29 is 13.2 Å². The topological polar surface area (TPSA) is 38.7 Å². The van der Waals surface area contributed by atoms with E-state index in [1.54, 1.807) is 6.92 Å². The first kappa shape index (κ1) is 10.3. The highest BCUT2D eigenvalue weighted by Gasteiger charge is 2.35. The zero-order valence-corrected chi connectivity index (χ0v) is 8.70. The molecule has 3 nitrogen and oxygen atoms in total. The molecule has 2 heterocycles. The SMILES string of the molecule is Cc1nsc2c(C)nc(C(F)(F)F)nc12. The molecule has 0 atom stereocenters. The average molecular weight is 233 g/mol. The van der Waals surface area contributed by atoms with Gasteiger partial charge in [0.2, 0.25) is 5.82 Å². The molecule has 0 spiro atoms. The summed E-state index contributed by atoms with van der Waals surface area (Å²) in [5.74, 6) is -1.10. The maximum Gasteiger partial charge on any atom is 0.451 e. The summed E-state index contributed by atoms with van der Waals surface area (Å²) in [7, 11) is 0. The molecule has 2 rings (SSSR count). The van der Waals surface area contributed by atoms with E-state index in [1.807, 2.05) is 0 Å². The van der Waals surface area contributed by atoms with E-state index in [0.717, 1.165) is 11.5 Å². The third kappa shape index (κ3) is 1.67. The number of halogens is 3. The number of aromatic nitrogens is 3. The molecular weight excluding hydrogens is 227 g/mol. The van der Waals surface area contributed by atoms with Crippen molar-refractivity contribution >= 4 is 21.7 Å². The molecule has 2 aromatic heterocycles. The van der Waals surface area contributed by atoms with Gasteiger partial charge < -0.3 is 0 Å². The maximum atomic E-state index is 12.4. The normalized spacial score (nSPS) is 12.3. The lowest BCUT2D eigenvalue weighted by Gasteiger charge is -2.05. The largest absolute Gasteiger partial charge is 0.451 e. The molecule has 2 aromatic rings. The highest BCUT2D eigenvalue weighted by Crippen LogP contribution is 2.30. The number of hydrogen-bond donors (Lipinski definition) is 0. The molecule has 80 valence electrons. The minimum Gasteiger partial charge on any atom is -0.228 e. The fourth-order valence-corrected chi connectivity index (χ4v) is 1.97. The Labute approximate surface area is 87.1 Å². The molecule has 15 heavy (non-hydrogen) atoms. The van der Waals surface area contributed by atoms with Crippen molar-refractivity contribution in [2.45, 2.75) is 20.0 Å². The van der Waals surface area contributed by atoms with E-state index in [0.29, 0.717) is 21.6 Å². The van der Waals surface area contributed by atoms with E-state index in [2.05, 4.69) is 14.3 Å². The molecule has 0 fully saturated rings. The Kier molecular flexibility index (Phi) is 2.14. The summed E-state index contributed by atoms with van der Waals surface area (Å²) in [6.07, 6.45) is -4.51. The van der Waals surface area contributed by atoms with Crippen LogP contribution in [0.5, 0.6) is 0 Å². The Morgan fingerprint density at radius 1 is 1.07 bits per heavy atom. The van der Waals surface area contributed by atoms with Gasteiger partial charge in [-0.25, -0.2) is 9.97 Å². The molecule has 0 unspecified atom stereocenters. The molecule has 0 saturated heterocycles. The second-order valence-electron chi connectivity index (χ2n) is 3.08. The first-order chi connectivity index (χ1) is 6.89. The van der Waals surface area contributed by atoms with Gasteiger partial charge in [-0.2, -0.15) is 17.5 Å². The van der Waals surface area contributed by atoms with Gasteiger partial charge in [0.25, 0.3) is 0 Å². The Hall–Kier alpha value is -1.24. The van der Waals surface area contributed by atoms with Gasteiger partial charge >= 0.3 is 6.18 Å². The van der Waals surface area contributed by atoms with E-state index < -0.39 is 12.0 Å². The van der Waals surface area contributed by atoms with Gasteiger partial charge in [-0.1, -0.05) is 0 Å². The van der Waals surface area contributed by atoms with Crippen LogP contribution in [-0.2, 0) is 6.18 Å². The Morgan fingerprint density at radius 3 is 2.33 bits per heavy atom. The summed E-state index contributed by atoms with van der Waals surface area (Å²) in [4.78, 5) is 6.90. The third-order valence-corrected chi connectivity index (χ3v) is 2.94. The van der Waals surface area contributed by atoms with Crippen molar-refractivity contribution in [1.82, 2.24) is 14.3 Å². The van der Waals surface area contributed by atoms with Crippen molar-refractivity contribution in [2.75, 3.05) is 0 Å². The van der Waals surface area contributed by atoms with Crippen LogP contribution < -0.4 is 0 Å². The van der Waals surface area contributed by atoms with Crippen LogP contribution in [0.2, 0.25) is 0 Å². The zero-order valence-electron chi connectivity index (χ0n) is 7.88. The summed E-state index contributed by atoms with van der Waals surface area (Å²) >= 11 is 1.12. The molecule has 0 aliphatic heterocycles. The Morgan fingerprint density at radius 2 is 1.73 bits per heavy atom. The minimum atomic E-state index is -4.51. The van der Waals surface area contributed by atoms with Crippen LogP contribution >= 0.6 is 11.5 Å². The molecule has 0 bridgehead atoms. The Balaban J connectivity index is 2.76. The molecule has 0 saturated carbocycles. The molecule has 0 aromatic carbocycles. The Bertz CT molecular complexity index is 518. The van der Waals surface area contributed by atoms with E-state index in [4.69, 9.17) is 0 Å². The van der Waals surface area contributed by atoms with Gasteiger partial charge in [0.1, 0.15) is 5.52 Å². The van der Waals surface area contributed by atoms with E-state index in [-0.39, 0.29) is 0 Å². The van der Waals surface area contributed by atoms with Crippen LogP contribution in [0.4, 0.5) is 13.2 Å². The molecule has 7 heteroatoms. The van der Waals surface area contributed by atoms with Crippen LogP contribution in [0.3, 0.4) is 0 Å². The summed E-state index contributed by atoms with van der Waals surface area (Å²) in [6, 6.07) is 0. The quantitative estimate of drug-likeness (QED) is 0.702. The first-order valence-electron chi connectivity index (χ1n) is 4.07. The first-order valence-corrected chi connectivity index (χ1v) is 4.85. The van der Waals surface area contributed by atoms with Crippen LogP contribution in [0.1, 0.15) is 17.2 Å². The zero-order chi connectivity index (χ0) is 11.2. The van der Waals surface area contributed by atoms with Gasteiger partial charge in [-0.3, -0.25) is 0 Å². The molecule has 0 amide bonds. The van der Waals surface area contributed by atoms with Crippen molar-refractivity contribution in [3.05, 3.63) is 17.2 Å². The van der Waals surface area contributed by atoms with Gasteiger partial charge in [-0.05, 0) is 25.4 Å². The van der Waals surface area contributed by atoms with E-state index in [1.165, 1.54) is 6.92 Å². The predicted molar refractivity (Wildman–Crippen MR) is 49.7 cm³/mol. The van der Waals surface area contributed by atoms with E-state index >= 15 is 0 Å². The lowest BCUT2D eigenvalue weighted by molar-refractivity contribution is -0.144. The molecule has 0 aliphatic carbocycles. The highest BCUT2D eigenvalue weighted by molar-refractivity contribution is 7.13. The van der Waals surface area contributed by atoms with Gasteiger partial charge in [0, 0.05) is 0 Å². The monoisotopic (exact) mass is 233 g/mol. The smallest absolute Gasteiger partial charge is 0.228 e. The number of rotatable bonds is 0. The fraction of sp³-hybridized carbons (Fsp3) is 0.375. The molecule has 0 aliphatic rings. The molecule has 0 radical (unpaired) electrons. The number of fused-ring (bicyclic) bond motifs is 1. The van der Waals surface area contributed by atoms with Crippen molar-refractivity contribution in [3.63, 3.8) is 0 Å². The van der Waals surface area contributed by atoms with Crippen LogP contribution in [0, 0.1) is 13.8 Å². The predicted octanol–water partition coefficient (Wildman–Crippen LogP) is 2.72. The second kappa shape index (κ2) is 3.13. The van der Waals surface area contributed by atoms with Crippen LogP contribution in [0.15, 0.2) is 0 Å². The lowest BCUT2D eigenvalue weighted by atomic mass is 10.3.